The number of aliphatic carboxylic acids is 1. The number of carboxylic acids is 1. The molecule has 2 atom stereocenters. The van der Waals surface area contributed by atoms with Crippen molar-refractivity contribution in [1.82, 2.24) is 5.32 Å². The maximum atomic E-state index is 11.4. The van der Waals surface area contributed by atoms with Gasteiger partial charge in [0, 0.05) is 0 Å². The number of ether oxygens (including phenoxy) is 1. The highest BCUT2D eigenvalue weighted by Crippen LogP contribution is 2.01. The van der Waals surface area contributed by atoms with E-state index in [9.17, 15) is 9.59 Å². The Balaban J connectivity index is 3.99. The quantitative estimate of drug-likeness (QED) is 0.646. The zero-order valence-electron chi connectivity index (χ0n) is 10.9. The molecule has 17 heavy (non-hydrogen) atoms. The number of unbranched alkanes of at least 4 members (excludes halogenated alkanes) is 1. The molecule has 0 aromatic carbocycles. The highest BCUT2D eigenvalue weighted by Gasteiger charge is 2.19. The number of carbonyl (C=O) groups excluding carboxylic acids is 1. The van der Waals surface area contributed by atoms with E-state index in [-0.39, 0.29) is 18.6 Å². The predicted molar refractivity (Wildman–Crippen MR) is 64.8 cm³/mol. The smallest absolute Gasteiger partial charge is 0.326 e. The molecule has 0 spiro atoms. The summed E-state index contributed by atoms with van der Waals surface area (Å²) in [6, 6.07) is -0.803. The molecule has 2 N–H and O–H groups in total. The van der Waals surface area contributed by atoms with E-state index in [0.717, 1.165) is 19.3 Å². The first kappa shape index (κ1) is 15.9. The SMILES string of the molecule is CCCCC(NC(=O)COC(C)CC)C(=O)O. The lowest BCUT2D eigenvalue weighted by molar-refractivity contribution is -0.143. The molecule has 0 aliphatic heterocycles. The van der Waals surface area contributed by atoms with Crippen molar-refractivity contribution in [2.75, 3.05) is 6.61 Å². The van der Waals surface area contributed by atoms with E-state index in [1.54, 1.807) is 0 Å². The standard InChI is InChI=1S/C12H23NO4/c1-4-6-7-10(12(15)16)13-11(14)8-17-9(3)5-2/h9-10H,4-8H2,1-3H3,(H,13,14)(H,15,16). The number of amides is 1. The molecule has 0 saturated heterocycles. The second kappa shape index (κ2) is 8.98. The third kappa shape index (κ3) is 7.74. The predicted octanol–water partition coefficient (Wildman–Crippen LogP) is 1.56. The Morgan fingerprint density at radius 1 is 1.35 bits per heavy atom. The molecule has 0 radical (unpaired) electrons. The topological polar surface area (TPSA) is 75.6 Å². The van der Waals surface area contributed by atoms with Crippen molar-refractivity contribution in [3.63, 3.8) is 0 Å². The van der Waals surface area contributed by atoms with Crippen LogP contribution in [0.1, 0.15) is 46.5 Å². The van der Waals surface area contributed by atoms with E-state index < -0.39 is 12.0 Å². The Bertz CT molecular complexity index is 243. The van der Waals surface area contributed by atoms with Crippen LogP contribution < -0.4 is 5.32 Å². The highest BCUT2D eigenvalue weighted by molar-refractivity contribution is 5.84. The van der Waals surface area contributed by atoms with Gasteiger partial charge < -0.3 is 15.2 Å². The van der Waals surface area contributed by atoms with Gasteiger partial charge in [0.25, 0.3) is 0 Å². The van der Waals surface area contributed by atoms with Crippen LogP contribution in [0.5, 0.6) is 0 Å². The molecule has 0 aromatic rings. The van der Waals surface area contributed by atoms with E-state index >= 15 is 0 Å². The van der Waals surface area contributed by atoms with Crippen LogP contribution in [-0.2, 0) is 14.3 Å². The van der Waals surface area contributed by atoms with Gasteiger partial charge in [-0.25, -0.2) is 4.79 Å². The number of carboxylic acid groups (broad SMARTS) is 1. The Hall–Kier alpha value is -1.10. The van der Waals surface area contributed by atoms with Crippen LogP contribution in [0.2, 0.25) is 0 Å². The van der Waals surface area contributed by atoms with Crippen LogP contribution in [0.15, 0.2) is 0 Å². The Morgan fingerprint density at radius 3 is 2.47 bits per heavy atom. The van der Waals surface area contributed by atoms with Crippen molar-refractivity contribution in [3.8, 4) is 0 Å². The summed E-state index contributed by atoms with van der Waals surface area (Å²) in [7, 11) is 0. The summed E-state index contributed by atoms with van der Waals surface area (Å²) in [4.78, 5) is 22.3. The first-order chi connectivity index (χ1) is 8.01. The van der Waals surface area contributed by atoms with Gasteiger partial charge in [-0.2, -0.15) is 0 Å². The third-order valence-corrected chi connectivity index (χ3v) is 2.55. The zero-order valence-corrected chi connectivity index (χ0v) is 10.9. The lowest BCUT2D eigenvalue weighted by Gasteiger charge is -2.15. The normalized spacial score (nSPS) is 14.1. The second-order valence-electron chi connectivity index (χ2n) is 4.13. The molecule has 0 aromatic heterocycles. The fourth-order valence-electron chi connectivity index (χ4n) is 1.24. The molecule has 0 aliphatic rings. The zero-order chi connectivity index (χ0) is 13.3. The van der Waals surface area contributed by atoms with Gasteiger partial charge in [0.2, 0.25) is 5.91 Å². The van der Waals surface area contributed by atoms with Crippen LogP contribution in [0.3, 0.4) is 0 Å². The molecule has 0 saturated carbocycles. The monoisotopic (exact) mass is 245 g/mol. The molecule has 0 rings (SSSR count). The molecule has 5 heteroatoms. The molecule has 1 amide bonds. The van der Waals surface area contributed by atoms with E-state index in [1.165, 1.54) is 0 Å². The highest BCUT2D eigenvalue weighted by atomic mass is 16.5. The fraction of sp³-hybridized carbons (Fsp3) is 0.833. The fourth-order valence-corrected chi connectivity index (χ4v) is 1.24. The minimum atomic E-state index is -0.990. The lowest BCUT2D eigenvalue weighted by atomic mass is 10.1. The van der Waals surface area contributed by atoms with E-state index in [4.69, 9.17) is 9.84 Å². The lowest BCUT2D eigenvalue weighted by Crippen LogP contribution is -2.42. The number of rotatable bonds is 9. The van der Waals surface area contributed by atoms with Gasteiger partial charge in [0.05, 0.1) is 6.10 Å². The molecule has 0 heterocycles. The van der Waals surface area contributed by atoms with E-state index in [1.807, 2.05) is 20.8 Å². The Kier molecular flexibility index (Phi) is 8.40. The number of hydrogen-bond donors (Lipinski definition) is 2. The summed E-state index contributed by atoms with van der Waals surface area (Å²) >= 11 is 0. The maximum Gasteiger partial charge on any atom is 0.326 e. The molecule has 2 unspecified atom stereocenters. The molecule has 5 nitrogen and oxygen atoms in total. The van der Waals surface area contributed by atoms with Crippen molar-refractivity contribution in [2.45, 2.75) is 58.6 Å². The van der Waals surface area contributed by atoms with Gasteiger partial charge in [0.15, 0.2) is 0 Å². The average Bonchev–Trinajstić information content (AvgIpc) is 2.30. The maximum absolute atomic E-state index is 11.4. The Labute approximate surface area is 103 Å². The van der Waals surface area contributed by atoms with Gasteiger partial charge in [-0.05, 0) is 19.8 Å². The molecule has 0 fully saturated rings. The van der Waals surface area contributed by atoms with Crippen LogP contribution in [0.25, 0.3) is 0 Å². The summed E-state index contributed by atoms with van der Waals surface area (Å²) in [5, 5.41) is 11.4. The summed E-state index contributed by atoms with van der Waals surface area (Å²) in [6.07, 6.45) is 2.98. The molecular weight excluding hydrogens is 222 g/mol. The van der Waals surface area contributed by atoms with Gasteiger partial charge in [-0.1, -0.05) is 26.7 Å². The molecule has 0 aliphatic carbocycles. The van der Waals surface area contributed by atoms with Crippen molar-refractivity contribution in [1.29, 1.82) is 0 Å². The van der Waals surface area contributed by atoms with Gasteiger partial charge in [0.1, 0.15) is 12.6 Å². The Morgan fingerprint density at radius 2 is 2.00 bits per heavy atom. The van der Waals surface area contributed by atoms with Crippen LogP contribution in [0.4, 0.5) is 0 Å². The summed E-state index contributed by atoms with van der Waals surface area (Å²) in [5.74, 6) is -1.36. The summed E-state index contributed by atoms with van der Waals surface area (Å²) < 4.78 is 5.23. The minimum Gasteiger partial charge on any atom is -0.480 e. The van der Waals surface area contributed by atoms with E-state index in [0.29, 0.717) is 6.42 Å². The van der Waals surface area contributed by atoms with Gasteiger partial charge in [-0.15, -0.1) is 0 Å². The van der Waals surface area contributed by atoms with Crippen LogP contribution in [0, 0.1) is 0 Å². The minimum absolute atomic E-state index is 0.0136. The van der Waals surface area contributed by atoms with Crippen molar-refractivity contribution < 1.29 is 19.4 Å². The van der Waals surface area contributed by atoms with Crippen LogP contribution >= 0.6 is 0 Å². The largest absolute Gasteiger partial charge is 0.480 e. The third-order valence-electron chi connectivity index (χ3n) is 2.55. The summed E-state index contributed by atoms with van der Waals surface area (Å²) in [5.41, 5.74) is 0. The van der Waals surface area contributed by atoms with Crippen LogP contribution in [-0.4, -0.2) is 35.7 Å². The first-order valence-electron chi connectivity index (χ1n) is 6.15. The number of hydrogen-bond acceptors (Lipinski definition) is 3. The molecular formula is C12H23NO4. The average molecular weight is 245 g/mol. The van der Waals surface area contributed by atoms with Gasteiger partial charge >= 0.3 is 5.97 Å². The second-order valence-corrected chi connectivity index (χ2v) is 4.13. The van der Waals surface area contributed by atoms with Crippen molar-refractivity contribution >= 4 is 11.9 Å². The number of nitrogens with one attached hydrogen (secondary N) is 1. The van der Waals surface area contributed by atoms with Crippen molar-refractivity contribution in [3.05, 3.63) is 0 Å². The number of carbonyl (C=O) groups is 2. The molecule has 0 bridgehead atoms. The van der Waals surface area contributed by atoms with E-state index in [2.05, 4.69) is 5.32 Å². The van der Waals surface area contributed by atoms with Crippen molar-refractivity contribution in [2.24, 2.45) is 0 Å². The molecule has 100 valence electrons. The first-order valence-corrected chi connectivity index (χ1v) is 6.15. The van der Waals surface area contributed by atoms with Gasteiger partial charge in [-0.3, -0.25) is 4.79 Å². The summed E-state index contributed by atoms with van der Waals surface area (Å²) in [6.45, 7) is 5.74.